The lowest BCUT2D eigenvalue weighted by molar-refractivity contribution is -0.193. The summed E-state index contributed by atoms with van der Waals surface area (Å²) in [6.07, 6.45) is 9.66. The molecule has 6 aliphatic rings. The Bertz CT molecular complexity index is 1400. The maximum Gasteiger partial charge on any atom is 0.306 e. The Morgan fingerprint density at radius 1 is 0.918 bits per heavy atom. The maximum absolute atomic E-state index is 13.8. The van der Waals surface area contributed by atoms with Gasteiger partial charge in [0.1, 0.15) is 12.0 Å². The predicted molar refractivity (Wildman–Crippen MR) is 189 cm³/mol. The molecule has 12 atom stereocenters. The Hall–Kier alpha value is -2.06. The summed E-state index contributed by atoms with van der Waals surface area (Å²) in [6.45, 7) is 16.4. The molecule has 0 bridgehead atoms. The number of aliphatic hydroxyl groups is 1. The van der Waals surface area contributed by atoms with Crippen molar-refractivity contribution in [3.63, 3.8) is 0 Å². The van der Waals surface area contributed by atoms with Crippen molar-refractivity contribution in [3.8, 4) is 0 Å². The van der Waals surface area contributed by atoms with Crippen LogP contribution in [0.4, 0.5) is 0 Å². The van der Waals surface area contributed by atoms with Crippen molar-refractivity contribution in [2.75, 3.05) is 13.6 Å². The molecule has 4 N–H and O–H groups in total. The molecule has 1 amide bonds. The van der Waals surface area contributed by atoms with Crippen molar-refractivity contribution in [3.05, 3.63) is 11.1 Å². The average Bonchev–Trinajstić information content (AvgIpc) is 3.31. The number of rotatable bonds is 10. The number of Topliss-reactive ketones (excluding diaryl/α,β-unsaturated/α-hetero) is 2. The van der Waals surface area contributed by atoms with E-state index in [1.807, 2.05) is 6.92 Å². The molecular weight excluding hydrogens is 616 g/mol. The lowest BCUT2D eigenvalue weighted by atomic mass is 9.35. The van der Waals surface area contributed by atoms with Gasteiger partial charge < -0.3 is 15.5 Å². The summed E-state index contributed by atoms with van der Waals surface area (Å²) >= 11 is 0. The minimum atomic E-state index is -0.797. The molecule has 6 rings (SSSR count). The number of likely N-dealkylation sites (N-methyl/N-ethyl adjacent to an activating group) is 1. The van der Waals surface area contributed by atoms with Crippen LogP contribution in [0.25, 0.3) is 0 Å². The summed E-state index contributed by atoms with van der Waals surface area (Å²) in [5.74, 6) is 1.52. The number of allylic oxidation sites excluding steroid dienone is 2. The zero-order valence-electron chi connectivity index (χ0n) is 31.5. The van der Waals surface area contributed by atoms with Crippen molar-refractivity contribution in [1.29, 1.82) is 0 Å². The molecule has 0 spiro atoms. The summed E-state index contributed by atoms with van der Waals surface area (Å²) < 4.78 is 0. The first-order valence-corrected chi connectivity index (χ1v) is 19.6. The molecule has 5 fully saturated rings. The molecular formula is C41H64N2O6. The molecule has 0 aromatic heterocycles. The average molecular weight is 681 g/mol. The molecule has 0 aliphatic heterocycles. The summed E-state index contributed by atoms with van der Waals surface area (Å²) in [4.78, 5) is 52.2. The second-order valence-corrected chi connectivity index (χ2v) is 19.0. The highest BCUT2D eigenvalue weighted by Gasteiger charge is 2.66. The van der Waals surface area contributed by atoms with Gasteiger partial charge in [-0.25, -0.2) is 0 Å². The number of aliphatic hydroxyl groups excluding tert-OH is 1. The number of aliphatic carboxylic acids is 1. The Morgan fingerprint density at radius 2 is 1.61 bits per heavy atom. The van der Waals surface area contributed by atoms with Crippen LogP contribution in [0.1, 0.15) is 126 Å². The number of carbonyl (C=O) groups is 4. The minimum Gasteiger partial charge on any atom is -0.481 e. The van der Waals surface area contributed by atoms with E-state index >= 15 is 0 Å². The molecule has 8 heteroatoms. The zero-order valence-corrected chi connectivity index (χ0v) is 31.5. The van der Waals surface area contributed by atoms with Gasteiger partial charge in [-0.2, -0.15) is 0 Å². The van der Waals surface area contributed by atoms with Crippen LogP contribution >= 0.6 is 0 Å². The van der Waals surface area contributed by atoms with Crippen LogP contribution in [0.5, 0.6) is 0 Å². The summed E-state index contributed by atoms with van der Waals surface area (Å²) in [5, 5.41) is 25.2. The third-order valence-electron chi connectivity index (χ3n) is 16.3. The van der Waals surface area contributed by atoms with Gasteiger partial charge in [0.2, 0.25) is 5.91 Å². The smallest absolute Gasteiger partial charge is 0.306 e. The molecule has 5 saturated carbocycles. The number of fused-ring (bicyclic) bond motifs is 7. The van der Waals surface area contributed by atoms with Crippen LogP contribution < -0.4 is 10.6 Å². The van der Waals surface area contributed by atoms with E-state index in [0.29, 0.717) is 55.3 Å². The maximum atomic E-state index is 13.8. The van der Waals surface area contributed by atoms with Gasteiger partial charge >= 0.3 is 5.97 Å². The second-order valence-electron chi connectivity index (χ2n) is 19.0. The first-order chi connectivity index (χ1) is 22.9. The van der Waals surface area contributed by atoms with Crippen LogP contribution in [0.15, 0.2) is 11.1 Å². The van der Waals surface area contributed by atoms with Gasteiger partial charge in [0, 0.05) is 30.6 Å². The molecule has 12 unspecified atom stereocenters. The lowest BCUT2D eigenvalue weighted by Gasteiger charge is -2.69. The van der Waals surface area contributed by atoms with Crippen molar-refractivity contribution >= 4 is 23.4 Å². The topological polar surface area (TPSA) is 133 Å². The molecule has 0 heterocycles. The van der Waals surface area contributed by atoms with Gasteiger partial charge in [0.05, 0.1) is 12.5 Å². The van der Waals surface area contributed by atoms with E-state index in [1.54, 1.807) is 7.05 Å². The van der Waals surface area contributed by atoms with Crippen LogP contribution in [0.3, 0.4) is 0 Å². The highest BCUT2D eigenvalue weighted by molar-refractivity contribution is 6.01. The highest BCUT2D eigenvalue weighted by atomic mass is 16.4. The quantitative estimate of drug-likeness (QED) is 0.192. The van der Waals surface area contributed by atoms with Gasteiger partial charge in [-0.3, -0.25) is 24.5 Å². The van der Waals surface area contributed by atoms with Crippen molar-refractivity contribution in [2.24, 2.45) is 74.9 Å². The number of carboxylic acids is 1. The van der Waals surface area contributed by atoms with Crippen LogP contribution in [0, 0.1) is 74.9 Å². The number of hydrogen-bond acceptors (Lipinski definition) is 6. The molecule has 49 heavy (non-hydrogen) atoms. The van der Waals surface area contributed by atoms with E-state index in [0.717, 1.165) is 56.9 Å². The summed E-state index contributed by atoms with van der Waals surface area (Å²) in [7, 11) is 1.66. The van der Waals surface area contributed by atoms with Crippen LogP contribution in [-0.2, 0) is 19.2 Å². The van der Waals surface area contributed by atoms with Crippen LogP contribution in [0.2, 0.25) is 0 Å². The number of hydrogen-bond donors (Lipinski definition) is 4. The third kappa shape index (κ3) is 5.77. The fourth-order valence-electron chi connectivity index (χ4n) is 13.7. The third-order valence-corrected chi connectivity index (χ3v) is 16.3. The first kappa shape index (κ1) is 36.7. The van der Waals surface area contributed by atoms with Gasteiger partial charge in [-0.1, -0.05) is 54.0 Å². The van der Waals surface area contributed by atoms with Crippen molar-refractivity contribution < 1.29 is 29.4 Å². The van der Waals surface area contributed by atoms with Gasteiger partial charge in [-0.15, -0.1) is 0 Å². The van der Waals surface area contributed by atoms with E-state index in [2.05, 4.69) is 52.2 Å². The SMILES string of the molecule is CNC(O)CNC(=O)CC12CCC3C(CCC4C3(C)CCC3C(C)(C)C(CC(=O)C5CC(C(=O)O)C5C)CCC34C)C1=C(C(C)C)C(=O)C2. The van der Waals surface area contributed by atoms with Crippen molar-refractivity contribution in [2.45, 2.75) is 132 Å². The first-order valence-electron chi connectivity index (χ1n) is 19.6. The Morgan fingerprint density at radius 3 is 2.24 bits per heavy atom. The van der Waals surface area contributed by atoms with E-state index in [4.69, 9.17) is 0 Å². The number of nitrogens with one attached hydrogen (secondary N) is 2. The Balaban J connectivity index is 1.22. The number of amides is 1. The lowest BCUT2D eigenvalue weighted by Crippen LogP contribution is -2.62. The van der Waals surface area contributed by atoms with Gasteiger partial charge in [0.25, 0.3) is 0 Å². The summed E-state index contributed by atoms with van der Waals surface area (Å²) in [6, 6.07) is 0. The standard InChI is InChI=1S/C41H64N2O6/c1-22(2)35-30(45)19-41(20-33(46)43-21-34(47)42-8)16-12-28-25(36(35)41)9-10-32-39(28,6)15-13-31-38(4,5)24(11-14-40(31,32)7)17-29(44)26-18-27(23(26)3)37(48)49/h22-28,31-32,34,42,47H,9-21H2,1-8H3,(H,43,46)(H,48,49). The van der Waals surface area contributed by atoms with Crippen LogP contribution in [-0.4, -0.2) is 53.5 Å². The number of carbonyl (C=O) groups excluding carboxylic acids is 3. The fraction of sp³-hybridized carbons (Fsp3) is 0.854. The molecule has 0 radical (unpaired) electrons. The van der Waals surface area contributed by atoms with E-state index in [9.17, 15) is 29.4 Å². The monoisotopic (exact) mass is 680 g/mol. The molecule has 6 aliphatic carbocycles. The van der Waals surface area contributed by atoms with Gasteiger partial charge in [0.15, 0.2) is 5.78 Å². The molecule has 0 aromatic rings. The minimum absolute atomic E-state index is 0.0290. The van der Waals surface area contributed by atoms with E-state index < -0.39 is 17.6 Å². The fourth-order valence-corrected chi connectivity index (χ4v) is 13.7. The summed E-state index contributed by atoms with van der Waals surface area (Å²) in [5.41, 5.74) is 2.28. The predicted octanol–water partition coefficient (Wildman–Crippen LogP) is 6.55. The van der Waals surface area contributed by atoms with E-state index in [1.165, 1.54) is 5.57 Å². The number of ketones is 2. The largest absolute Gasteiger partial charge is 0.481 e. The molecule has 274 valence electrons. The normalized spacial score (nSPS) is 43.1. The molecule has 0 saturated heterocycles. The Kier molecular flexibility index (Phi) is 9.64. The van der Waals surface area contributed by atoms with Gasteiger partial charge in [-0.05, 0) is 128 Å². The van der Waals surface area contributed by atoms with E-state index in [-0.39, 0.29) is 63.9 Å². The highest BCUT2D eigenvalue weighted by Crippen LogP contribution is 2.74. The Labute approximate surface area is 294 Å². The number of carboxylic acid groups (broad SMARTS) is 1. The van der Waals surface area contributed by atoms with Crippen molar-refractivity contribution in [1.82, 2.24) is 10.6 Å². The molecule has 0 aromatic carbocycles. The second kappa shape index (κ2) is 12.9. The zero-order chi connectivity index (χ0) is 35.8. The molecule has 8 nitrogen and oxygen atoms in total.